The Hall–Kier alpha value is -1.71. The maximum Gasteiger partial charge on any atom is 0.191 e. The lowest BCUT2D eigenvalue weighted by Gasteiger charge is -2.18. The van der Waals surface area contributed by atoms with Crippen molar-refractivity contribution in [3.05, 3.63) is 29.8 Å². The molecule has 4 heteroatoms. The van der Waals surface area contributed by atoms with Crippen LogP contribution in [0, 0.1) is 0 Å². The van der Waals surface area contributed by atoms with Crippen LogP contribution < -0.4 is 10.5 Å². The van der Waals surface area contributed by atoms with Crippen LogP contribution in [-0.4, -0.2) is 31.1 Å². The highest BCUT2D eigenvalue weighted by Crippen LogP contribution is 2.13. The van der Waals surface area contributed by atoms with Crippen molar-refractivity contribution in [2.45, 2.75) is 20.4 Å². The molecule has 0 unspecified atom stereocenters. The van der Waals surface area contributed by atoms with E-state index >= 15 is 0 Å². The highest BCUT2D eigenvalue weighted by molar-refractivity contribution is 5.77. The second-order valence-electron chi connectivity index (χ2n) is 3.77. The molecule has 17 heavy (non-hydrogen) atoms. The maximum atomic E-state index is 5.80. The highest BCUT2D eigenvalue weighted by atomic mass is 16.5. The van der Waals surface area contributed by atoms with Gasteiger partial charge in [0.1, 0.15) is 5.75 Å². The molecule has 0 radical (unpaired) electrons. The van der Waals surface area contributed by atoms with Gasteiger partial charge in [0.05, 0.1) is 6.61 Å². The van der Waals surface area contributed by atoms with E-state index in [-0.39, 0.29) is 0 Å². The fraction of sp³-hybridized carbons (Fsp3) is 0.462. The predicted octanol–water partition coefficient (Wildman–Crippen LogP) is 1.85. The van der Waals surface area contributed by atoms with Gasteiger partial charge in [-0.3, -0.25) is 4.99 Å². The summed E-state index contributed by atoms with van der Waals surface area (Å²) < 4.78 is 5.39. The largest absolute Gasteiger partial charge is 0.494 e. The van der Waals surface area contributed by atoms with E-state index in [2.05, 4.69) is 4.99 Å². The first-order valence-electron chi connectivity index (χ1n) is 5.90. The fourth-order valence-corrected chi connectivity index (χ4v) is 1.50. The Labute approximate surface area is 103 Å². The molecule has 0 saturated carbocycles. The Balaban J connectivity index is 2.59. The SMILES string of the molecule is CCN=C(N)N(C)Cc1ccc(OCC)cc1. The molecule has 0 heterocycles. The minimum Gasteiger partial charge on any atom is -0.494 e. The number of hydrogen-bond donors (Lipinski definition) is 1. The summed E-state index contributed by atoms with van der Waals surface area (Å²) in [6.07, 6.45) is 0. The van der Waals surface area contributed by atoms with Gasteiger partial charge in [0.15, 0.2) is 5.96 Å². The summed E-state index contributed by atoms with van der Waals surface area (Å²) in [5, 5.41) is 0. The second-order valence-corrected chi connectivity index (χ2v) is 3.77. The van der Waals surface area contributed by atoms with Crippen molar-refractivity contribution in [2.75, 3.05) is 20.2 Å². The van der Waals surface area contributed by atoms with E-state index in [4.69, 9.17) is 10.5 Å². The molecule has 1 aromatic rings. The molecule has 0 amide bonds. The molecule has 1 aromatic carbocycles. The zero-order valence-electron chi connectivity index (χ0n) is 10.8. The Morgan fingerprint density at radius 1 is 1.29 bits per heavy atom. The molecule has 0 saturated heterocycles. The Morgan fingerprint density at radius 2 is 1.94 bits per heavy atom. The summed E-state index contributed by atoms with van der Waals surface area (Å²) in [7, 11) is 1.94. The summed E-state index contributed by atoms with van der Waals surface area (Å²) in [6.45, 7) is 6.09. The lowest BCUT2D eigenvalue weighted by atomic mass is 10.2. The number of rotatable bonds is 5. The van der Waals surface area contributed by atoms with Gasteiger partial charge in [-0.2, -0.15) is 0 Å². The molecule has 0 fully saturated rings. The van der Waals surface area contributed by atoms with E-state index in [0.717, 1.165) is 12.3 Å². The van der Waals surface area contributed by atoms with Gasteiger partial charge in [0.25, 0.3) is 0 Å². The van der Waals surface area contributed by atoms with Gasteiger partial charge < -0.3 is 15.4 Å². The van der Waals surface area contributed by atoms with Gasteiger partial charge in [0.2, 0.25) is 0 Å². The van der Waals surface area contributed by atoms with Crippen LogP contribution >= 0.6 is 0 Å². The Bertz CT molecular complexity index is 359. The molecule has 94 valence electrons. The van der Waals surface area contributed by atoms with Gasteiger partial charge in [-0.1, -0.05) is 12.1 Å². The third-order valence-electron chi connectivity index (χ3n) is 2.37. The van der Waals surface area contributed by atoms with Crippen LogP contribution in [0.3, 0.4) is 0 Å². The molecule has 0 aliphatic rings. The average molecular weight is 235 g/mol. The van der Waals surface area contributed by atoms with Gasteiger partial charge >= 0.3 is 0 Å². The lowest BCUT2D eigenvalue weighted by Crippen LogP contribution is -2.33. The monoisotopic (exact) mass is 235 g/mol. The zero-order chi connectivity index (χ0) is 12.7. The van der Waals surface area contributed by atoms with Gasteiger partial charge in [-0.05, 0) is 31.5 Å². The van der Waals surface area contributed by atoms with Crippen molar-refractivity contribution in [1.29, 1.82) is 0 Å². The number of aliphatic imine (C=N–C) groups is 1. The van der Waals surface area contributed by atoms with Crippen molar-refractivity contribution in [3.8, 4) is 5.75 Å². The van der Waals surface area contributed by atoms with Crippen molar-refractivity contribution < 1.29 is 4.74 Å². The minimum absolute atomic E-state index is 0.571. The molecule has 0 atom stereocenters. The standard InChI is InChI=1S/C13H21N3O/c1-4-15-13(14)16(3)10-11-6-8-12(9-7-11)17-5-2/h6-9H,4-5,10H2,1-3H3,(H2,14,15). The molecule has 0 aliphatic carbocycles. The number of hydrogen-bond acceptors (Lipinski definition) is 2. The molecule has 0 spiro atoms. The van der Waals surface area contributed by atoms with E-state index in [9.17, 15) is 0 Å². The van der Waals surface area contributed by atoms with Crippen molar-refractivity contribution >= 4 is 5.96 Å². The van der Waals surface area contributed by atoms with Gasteiger partial charge in [-0.15, -0.1) is 0 Å². The van der Waals surface area contributed by atoms with Crippen molar-refractivity contribution in [3.63, 3.8) is 0 Å². The quantitative estimate of drug-likeness (QED) is 0.626. The number of guanidine groups is 1. The van der Waals surface area contributed by atoms with Crippen LogP contribution in [0.25, 0.3) is 0 Å². The lowest BCUT2D eigenvalue weighted by molar-refractivity contribution is 0.340. The third-order valence-corrected chi connectivity index (χ3v) is 2.37. The number of nitrogens with zero attached hydrogens (tertiary/aromatic N) is 2. The van der Waals surface area contributed by atoms with E-state index in [1.807, 2.05) is 50.1 Å². The maximum absolute atomic E-state index is 5.80. The van der Waals surface area contributed by atoms with Crippen LogP contribution in [0.5, 0.6) is 5.75 Å². The molecule has 0 aromatic heterocycles. The first kappa shape index (κ1) is 13.4. The molecule has 2 N–H and O–H groups in total. The van der Waals surface area contributed by atoms with Gasteiger partial charge in [-0.25, -0.2) is 0 Å². The third kappa shape index (κ3) is 4.34. The summed E-state index contributed by atoms with van der Waals surface area (Å²) >= 11 is 0. The smallest absolute Gasteiger partial charge is 0.191 e. The average Bonchev–Trinajstić information content (AvgIpc) is 2.32. The van der Waals surface area contributed by atoms with Crippen LogP contribution in [0.1, 0.15) is 19.4 Å². The highest BCUT2D eigenvalue weighted by Gasteiger charge is 2.02. The summed E-state index contributed by atoms with van der Waals surface area (Å²) in [5.74, 6) is 1.47. The summed E-state index contributed by atoms with van der Waals surface area (Å²) in [4.78, 5) is 6.09. The van der Waals surface area contributed by atoms with E-state index in [1.165, 1.54) is 5.56 Å². The first-order chi connectivity index (χ1) is 8.17. The molecule has 0 aliphatic heterocycles. The van der Waals surface area contributed by atoms with Crippen LogP contribution in [0.15, 0.2) is 29.3 Å². The van der Waals surface area contributed by atoms with Crippen LogP contribution in [0.4, 0.5) is 0 Å². The molecular weight excluding hydrogens is 214 g/mol. The summed E-state index contributed by atoms with van der Waals surface area (Å²) in [6, 6.07) is 8.03. The topological polar surface area (TPSA) is 50.8 Å². The van der Waals surface area contributed by atoms with Crippen LogP contribution in [-0.2, 0) is 6.54 Å². The Morgan fingerprint density at radius 3 is 2.47 bits per heavy atom. The number of ether oxygens (including phenoxy) is 1. The summed E-state index contributed by atoms with van der Waals surface area (Å²) in [5.41, 5.74) is 6.99. The molecule has 1 rings (SSSR count). The normalized spacial score (nSPS) is 11.4. The fourth-order valence-electron chi connectivity index (χ4n) is 1.50. The van der Waals surface area contributed by atoms with Gasteiger partial charge in [0, 0.05) is 20.1 Å². The first-order valence-corrected chi connectivity index (χ1v) is 5.90. The molecule has 4 nitrogen and oxygen atoms in total. The second kappa shape index (κ2) is 6.78. The number of benzene rings is 1. The van der Waals surface area contributed by atoms with Crippen molar-refractivity contribution in [2.24, 2.45) is 10.7 Å². The van der Waals surface area contributed by atoms with Crippen LogP contribution in [0.2, 0.25) is 0 Å². The molecule has 0 bridgehead atoms. The predicted molar refractivity (Wildman–Crippen MR) is 71.2 cm³/mol. The van der Waals surface area contributed by atoms with Crippen molar-refractivity contribution in [1.82, 2.24) is 4.90 Å². The van der Waals surface area contributed by atoms with E-state index < -0.39 is 0 Å². The van der Waals surface area contributed by atoms with E-state index in [1.54, 1.807) is 0 Å². The number of nitrogens with two attached hydrogens (primary N) is 1. The minimum atomic E-state index is 0.571. The zero-order valence-corrected chi connectivity index (χ0v) is 10.8. The Kier molecular flexibility index (Phi) is 5.33. The molecular formula is C13H21N3O. The van der Waals surface area contributed by atoms with E-state index in [0.29, 0.717) is 19.1 Å².